The summed E-state index contributed by atoms with van der Waals surface area (Å²) in [6, 6.07) is 11.5. The van der Waals surface area contributed by atoms with Crippen molar-refractivity contribution in [1.82, 2.24) is 14.8 Å². The van der Waals surface area contributed by atoms with Gasteiger partial charge in [-0.05, 0) is 31.7 Å². The van der Waals surface area contributed by atoms with Crippen molar-refractivity contribution in [3.05, 3.63) is 59.5 Å². The van der Waals surface area contributed by atoms with Crippen molar-refractivity contribution >= 4 is 17.5 Å². The van der Waals surface area contributed by atoms with Gasteiger partial charge in [0.1, 0.15) is 11.8 Å². The quantitative estimate of drug-likeness (QED) is 0.709. The Kier molecular flexibility index (Phi) is 6.48. The first-order valence-corrected chi connectivity index (χ1v) is 10.6. The molecule has 0 spiro atoms. The molecule has 1 atom stereocenters. The molecule has 2 aliphatic heterocycles. The predicted octanol–water partition coefficient (Wildman–Crippen LogP) is 2.06. The van der Waals surface area contributed by atoms with Gasteiger partial charge in [0, 0.05) is 19.5 Å². The summed E-state index contributed by atoms with van der Waals surface area (Å²) in [7, 11) is 1.78. The van der Waals surface area contributed by atoms with E-state index in [-0.39, 0.29) is 30.9 Å². The molecule has 3 heterocycles. The molecule has 1 aromatic heterocycles. The second kappa shape index (κ2) is 9.45. The second-order valence-corrected chi connectivity index (χ2v) is 8.05. The Bertz CT molecular complexity index is 933. The van der Waals surface area contributed by atoms with Crippen LogP contribution in [0.15, 0.2) is 52.2 Å². The molecule has 0 radical (unpaired) electrons. The molecule has 0 aliphatic carbocycles. The number of carbonyl (C=O) groups excluding carboxylic acids is 2. The Hall–Kier alpha value is -2.97. The Balaban J connectivity index is 1.45. The summed E-state index contributed by atoms with van der Waals surface area (Å²) in [5.74, 6) is 0.540. The zero-order valence-electron chi connectivity index (χ0n) is 18.0. The molecular formula is C23H28N4O4. The van der Waals surface area contributed by atoms with Gasteiger partial charge in [0.05, 0.1) is 38.3 Å². The van der Waals surface area contributed by atoms with Gasteiger partial charge in [-0.3, -0.25) is 14.5 Å². The molecule has 8 nitrogen and oxygen atoms in total. The molecule has 0 saturated carbocycles. The number of rotatable bonds is 6. The smallest absolute Gasteiger partial charge is 0.257 e. The zero-order valence-corrected chi connectivity index (χ0v) is 18.0. The summed E-state index contributed by atoms with van der Waals surface area (Å²) in [5.41, 5.74) is 3.01. The first-order chi connectivity index (χ1) is 15.0. The van der Waals surface area contributed by atoms with E-state index in [0.29, 0.717) is 38.5 Å². The molecule has 31 heavy (non-hydrogen) atoms. The number of hydrogen-bond acceptors (Lipinski definition) is 6. The third-order valence-electron chi connectivity index (χ3n) is 5.60. The van der Waals surface area contributed by atoms with Crippen LogP contribution in [0.1, 0.15) is 29.3 Å². The minimum Gasteiger partial charge on any atom is -0.467 e. The van der Waals surface area contributed by atoms with Crippen molar-refractivity contribution in [2.45, 2.75) is 19.4 Å². The first kappa shape index (κ1) is 21.3. The van der Waals surface area contributed by atoms with Crippen molar-refractivity contribution in [2.24, 2.45) is 5.10 Å². The lowest BCUT2D eigenvalue weighted by molar-refractivity contribution is -0.138. The lowest BCUT2D eigenvalue weighted by atomic mass is 10.0. The van der Waals surface area contributed by atoms with Crippen LogP contribution < -0.4 is 0 Å². The van der Waals surface area contributed by atoms with Crippen molar-refractivity contribution in [1.29, 1.82) is 0 Å². The Morgan fingerprint density at radius 3 is 2.48 bits per heavy atom. The fourth-order valence-electron chi connectivity index (χ4n) is 3.87. The fourth-order valence-corrected chi connectivity index (χ4v) is 3.87. The summed E-state index contributed by atoms with van der Waals surface area (Å²) in [5, 5.41) is 6.15. The van der Waals surface area contributed by atoms with Gasteiger partial charge in [-0.15, -0.1) is 0 Å². The number of carbonyl (C=O) groups is 2. The molecule has 2 aliphatic rings. The van der Waals surface area contributed by atoms with Crippen LogP contribution >= 0.6 is 0 Å². The monoisotopic (exact) mass is 424 g/mol. The number of aryl methyl sites for hydroxylation is 1. The highest BCUT2D eigenvalue weighted by molar-refractivity contribution is 6.03. The average Bonchev–Trinajstić information content (AvgIpc) is 3.45. The maximum absolute atomic E-state index is 13.1. The van der Waals surface area contributed by atoms with E-state index in [1.807, 2.05) is 43.3 Å². The molecule has 1 fully saturated rings. The molecule has 0 bridgehead atoms. The maximum Gasteiger partial charge on any atom is 0.257 e. The summed E-state index contributed by atoms with van der Waals surface area (Å²) >= 11 is 0. The molecule has 0 N–H and O–H groups in total. The number of benzene rings is 1. The number of morpholine rings is 1. The van der Waals surface area contributed by atoms with Crippen LogP contribution in [0.25, 0.3) is 0 Å². The highest BCUT2D eigenvalue weighted by Gasteiger charge is 2.35. The van der Waals surface area contributed by atoms with Crippen LogP contribution in [0.2, 0.25) is 0 Å². The van der Waals surface area contributed by atoms with E-state index in [0.717, 1.165) is 11.3 Å². The molecule has 164 valence electrons. The van der Waals surface area contributed by atoms with Gasteiger partial charge in [-0.25, -0.2) is 5.01 Å². The standard InChI is InChI=1S/C23H28N4O4/c1-17-5-7-18(8-6-17)19-14-20(21-4-3-11-31-21)27(24-19)23(29)16-25(2)15-22(28)26-9-12-30-13-10-26/h3-8,11,20H,9-10,12-16H2,1-2H3. The average molecular weight is 425 g/mol. The summed E-state index contributed by atoms with van der Waals surface area (Å²) in [4.78, 5) is 29.1. The van der Waals surface area contributed by atoms with Crippen molar-refractivity contribution in [3.8, 4) is 0 Å². The topological polar surface area (TPSA) is 78.6 Å². The van der Waals surface area contributed by atoms with Gasteiger partial charge in [-0.2, -0.15) is 5.10 Å². The zero-order chi connectivity index (χ0) is 21.8. The minimum absolute atomic E-state index is 0.00597. The predicted molar refractivity (Wildman–Crippen MR) is 116 cm³/mol. The van der Waals surface area contributed by atoms with Gasteiger partial charge in [0.2, 0.25) is 5.91 Å². The number of amides is 2. The van der Waals surface area contributed by atoms with E-state index in [2.05, 4.69) is 5.10 Å². The lowest BCUT2D eigenvalue weighted by Gasteiger charge is -2.29. The van der Waals surface area contributed by atoms with Crippen LogP contribution in [-0.4, -0.2) is 78.8 Å². The molecule has 2 amide bonds. The third-order valence-corrected chi connectivity index (χ3v) is 5.60. The lowest BCUT2D eigenvalue weighted by Crippen LogP contribution is -2.46. The van der Waals surface area contributed by atoms with Gasteiger partial charge < -0.3 is 14.1 Å². The number of hydrogen-bond donors (Lipinski definition) is 0. The third kappa shape index (κ3) is 5.03. The molecule has 2 aromatic rings. The van der Waals surface area contributed by atoms with Crippen molar-refractivity contribution in [3.63, 3.8) is 0 Å². The highest BCUT2D eigenvalue weighted by Crippen LogP contribution is 2.33. The fraction of sp³-hybridized carbons (Fsp3) is 0.435. The Labute approximate surface area is 182 Å². The molecular weight excluding hydrogens is 396 g/mol. The number of ether oxygens (including phenoxy) is 1. The van der Waals surface area contributed by atoms with Crippen molar-refractivity contribution < 1.29 is 18.7 Å². The van der Waals surface area contributed by atoms with Gasteiger partial charge in [0.25, 0.3) is 5.91 Å². The van der Waals surface area contributed by atoms with E-state index in [4.69, 9.17) is 9.15 Å². The minimum atomic E-state index is -0.290. The van der Waals surface area contributed by atoms with Crippen molar-refractivity contribution in [2.75, 3.05) is 46.4 Å². The SMILES string of the molecule is Cc1ccc(C2=NN(C(=O)CN(C)CC(=O)N3CCOCC3)C(c3ccco3)C2)cc1. The molecule has 4 rings (SSSR count). The van der Waals surface area contributed by atoms with Crippen LogP contribution in [0, 0.1) is 6.92 Å². The van der Waals surface area contributed by atoms with E-state index in [1.165, 1.54) is 10.6 Å². The Morgan fingerprint density at radius 1 is 1.10 bits per heavy atom. The highest BCUT2D eigenvalue weighted by atomic mass is 16.5. The molecule has 1 unspecified atom stereocenters. The van der Waals surface area contributed by atoms with Crippen LogP contribution in [0.3, 0.4) is 0 Å². The van der Waals surface area contributed by atoms with Gasteiger partial charge in [-0.1, -0.05) is 29.8 Å². The van der Waals surface area contributed by atoms with Crippen LogP contribution in [0.4, 0.5) is 0 Å². The van der Waals surface area contributed by atoms with E-state index >= 15 is 0 Å². The number of furan rings is 1. The normalized spacial score (nSPS) is 19.1. The maximum atomic E-state index is 13.1. The van der Waals surface area contributed by atoms with Gasteiger partial charge in [0.15, 0.2) is 0 Å². The largest absolute Gasteiger partial charge is 0.467 e. The van der Waals surface area contributed by atoms with E-state index < -0.39 is 0 Å². The number of likely N-dealkylation sites (N-methyl/N-ethyl adjacent to an activating group) is 1. The number of nitrogens with zero attached hydrogens (tertiary/aromatic N) is 4. The first-order valence-electron chi connectivity index (χ1n) is 10.6. The summed E-state index contributed by atoms with van der Waals surface area (Å²) in [6.07, 6.45) is 2.19. The summed E-state index contributed by atoms with van der Waals surface area (Å²) in [6.45, 7) is 4.62. The van der Waals surface area contributed by atoms with Gasteiger partial charge >= 0.3 is 0 Å². The summed E-state index contributed by atoms with van der Waals surface area (Å²) < 4.78 is 10.9. The molecule has 8 heteroatoms. The second-order valence-electron chi connectivity index (χ2n) is 8.05. The molecule has 1 saturated heterocycles. The number of hydrazone groups is 1. The van der Waals surface area contributed by atoms with E-state index in [1.54, 1.807) is 23.1 Å². The Morgan fingerprint density at radius 2 is 1.81 bits per heavy atom. The molecule has 1 aromatic carbocycles. The van der Waals surface area contributed by atoms with Crippen LogP contribution in [0.5, 0.6) is 0 Å². The van der Waals surface area contributed by atoms with Crippen LogP contribution in [-0.2, 0) is 14.3 Å². The van der Waals surface area contributed by atoms with E-state index in [9.17, 15) is 9.59 Å².